The van der Waals surface area contributed by atoms with Crippen LogP contribution in [-0.4, -0.2) is 81.5 Å². The number of nitrogens with zero attached hydrogens (tertiary/aromatic N) is 9. The van der Waals surface area contributed by atoms with Crippen LogP contribution in [0.1, 0.15) is 77.6 Å². The van der Waals surface area contributed by atoms with Crippen molar-refractivity contribution >= 4 is 73.4 Å². The maximum Gasteiger partial charge on any atom is 0.494 e. The largest absolute Gasteiger partial charge is 0.494 e. The van der Waals surface area contributed by atoms with Crippen LogP contribution in [0.15, 0.2) is 320 Å². The van der Waals surface area contributed by atoms with E-state index >= 15 is 0 Å². The zero-order chi connectivity index (χ0) is 82.3. The van der Waals surface area contributed by atoms with Crippen molar-refractivity contribution in [1.82, 2.24) is 44.9 Å². The lowest BCUT2D eigenvalue weighted by atomic mass is 9.71. The predicted molar refractivity (Wildman–Crippen MR) is 490 cm³/mol. The summed E-state index contributed by atoms with van der Waals surface area (Å²) in [6.45, 7) is 24.8. The highest BCUT2D eigenvalue weighted by atomic mass is 79.9. The maximum atomic E-state index is 6.49. The van der Waals surface area contributed by atoms with E-state index < -0.39 is 36.6 Å². The highest BCUT2D eigenvalue weighted by Crippen LogP contribution is 2.42. The summed E-state index contributed by atoms with van der Waals surface area (Å²) in [5.41, 5.74) is 20.3. The highest BCUT2D eigenvalue weighted by molar-refractivity contribution is 9.10. The van der Waals surface area contributed by atoms with Crippen LogP contribution >= 0.6 is 15.9 Å². The summed E-state index contributed by atoms with van der Waals surface area (Å²) < 4.78 is 27.1. The molecule has 0 amide bonds. The first kappa shape index (κ1) is 78.8. The molecule has 5 aromatic heterocycles. The molecule has 119 heavy (non-hydrogen) atoms. The minimum Gasteiger partial charge on any atom is -0.399 e. The van der Waals surface area contributed by atoms with Gasteiger partial charge in [-0.05, 0) is 181 Å². The fourth-order valence-corrected chi connectivity index (χ4v) is 15.0. The van der Waals surface area contributed by atoms with Gasteiger partial charge in [0.1, 0.15) is 0 Å². The molecular formula is C103H88B2BrN9O4. The lowest BCUT2D eigenvalue weighted by Crippen LogP contribution is -2.41. The Labute approximate surface area is 704 Å². The monoisotopic (exact) mass is 1620 g/mol. The van der Waals surface area contributed by atoms with Crippen LogP contribution in [0.3, 0.4) is 0 Å². The van der Waals surface area contributed by atoms with Gasteiger partial charge in [0.2, 0.25) is 0 Å². The van der Waals surface area contributed by atoms with Crippen molar-refractivity contribution < 1.29 is 18.6 Å². The third-order valence-electron chi connectivity index (χ3n) is 23.1. The van der Waals surface area contributed by atoms with E-state index in [4.69, 9.17) is 58.5 Å². The second-order valence-electron chi connectivity index (χ2n) is 32.7. The van der Waals surface area contributed by atoms with Crippen molar-refractivity contribution in [3.63, 3.8) is 0 Å². The molecule has 0 aliphatic carbocycles. The van der Waals surface area contributed by atoms with Crippen LogP contribution in [0, 0.1) is 27.7 Å². The maximum absolute atomic E-state index is 6.49. The zero-order valence-corrected chi connectivity index (χ0v) is 70.3. The van der Waals surface area contributed by atoms with Gasteiger partial charge in [-0.3, -0.25) is 15.0 Å². The molecule has 2 aliphatic heterocycles. The molecule has 0 spiro atoms. The summed E-state index contributed by atoms with van der Waals surface area (Å²) in [5, 5.41) is 7.02. The summed E-state index contributed by atoms with van der Waals surface area (Å²) in [7, 11) is -1.17. The number of rotatable bonds is 13. The SMILES string of the molecule is Brc1ccc(-c2nccc3ccccc23)cc1.Cc1ccc(-c2nc(-c3ccc(C)cc3)nc(-c3cc(-c4ccc(-c5nccc6ccccc56)cc4)cc(-c4ccc(-c5nccc6ccccc56)cc4)c3)n2)cc1.Cc1ccc(-c2nc(-c3ccc(C)cc3)nc(-c3cc(B4OC(C)(C)C(C)(C)O4)cc(B4OC(C)(C)C(C)(C)O4)c3)n2)cc1. The Bertz CT molecular complexity index is 6240. The highest BCUT2D eigenvalue weighted by Gasteiger charge is 2.54. The minimum absolute atomic E-state index is 0.497. The van der Waals surface area contributed by atoms with E-state index in [9.17, 15) is 0 Å². The van der Waals surface area contributed by atoms with Gasteiger partial charge in [0, 0.05) is 89.3 Å². The number of aryl methyl sites for hydroxylation is 4. The van der Waals surface area contributed by atoms with Crippen molar-refractivity contribution in [3.05, 3.63) is 343 Å². The van der Waals surface area contributed by atoms with E-state index in [1.54, 1.807) is 0 Å². The van der Waals surface area contributed by atoms with E-state index in [1.807, 2.05) is 85.3 Å². The minimum atomic E-state index is -0.587. The van der Waals surface area contributed by atoms with Crippen molar-refractivity contribution in [3.8, 4) is 124 Å². The molecule has 17 aromatic rings. The standard InChI is InChI=1S/C53H37N5.C35H41B2N3O4.C15H10BrN/c1-34-11-15-42(16-12-34)51-56-52(43-17-13-35(2)14-18-43)58-53(57-51)46-32-44(36-19-23-40(24-20-36)49-47-9-5-3-7-38(47)27-29-54-49)31-45(33-46)37-21-25-41(26-22-37)50-48-10-6-4-8-39(48)28-30-55-50;1-22-11-15-24(16-12-22)29-38-30(25-17-13-23(2)14-18-25)40-31(39-29)26-19-27(36-41-32(3,4)33(5,6)42-36)21-28(20-26)37-43-34(7,8)35(9,10)44-37;16-13-7-5-12(6-8-13)15-14-4-2-1-3-11(14)9-10-17-15/h3-33H,1-2H3;11-21H,1-10H3;1-10H. The lowest BCUT2D eigenvalue weighted by Gasteiger charge is -2.32. The van der Waals surface area contributed by atoms with Crippen LogP contribution in [0.25, 0.3) is 157 Å². The lowest BCUT2D eigenvalue weighted by molar-refractivity contribution is 0.00578. The average molecular weight is 1620 g/mol. The molecule has 2 saturated heterocycles. The molecule has 582 valence electrons. The molecule has 0 saturated carbocycles. The van der Waals surface area contributed by atoms with E-state index in [0.717, 1.165) is 116 Å². The Morgan fingerprint density at radius 1 is 0.235 bits per heavy atom. The van der Waals surface area contributed by atoms with E-state index in [1.165, 1.54) is 43.8 Å². The summed E-state index contributed by atoms with van der Waals surface area (Å²) in [4.78, 5) is 44.3. The molecule has 2 fully saturated rings. The van der Waals surface area contributed by atoms with Crippen LogP contribution < -0.4 is 10.9 Å². The third kappa shape index (κ3) is 16.9. The Morgan fingerprint density at radius 2 is 0.471 bits per heavy atom. The van der Waals surface area contributed by atoms with Crippen molar-refractivity contribution in [2.45, 2.75) is 105 Å². The van der Waals surface area contributed by atoms with Crippen molar-refractivity contribution in [1.29, 1.82) is 0 Å². The molecule has 12 aromatic carbocycles. The summed E-state index contributed by atoms with van der Waals surface area (Å²) in [6, 6.07) is 103. The first-order valence-electron chi connectivity index (χ1n) is 40.2. The first-order chi connectivity index (χ1) is 57.4. The molecule has 16 heteroatoms. The molecule has 19 rings (SSSR count). The molecule has 0 unspecified atom stereocenters. The van der Waals surface area contributed by atoms with Gasteiger partial charge in [-0.2, -0.15) is 0 Å². The Morgan fingerprint density at radius 3 is 0.765 bits per heavy atom. The number of hydrogen-bond donors (Lipinski definition) is 0. The second kappa shape index (κ2) is 32.7. The van der Waals surface area contributed by atoms with E-state index in [2.05, 4.69) is 335 Å². The van der Waals surface area contributed by atoms with Gasteiger partial charge in [-0.15, -0.1) is 0 Å². The molecule has 0 radical (unpaired) electrons. The molecule has 2 aliphatic rings. The number of aromatic nitrogens is 9. The summed E-state index contributed by atoms with van der Waals surface area (Å²) >= 11 is 3.45. The van der Waals surface area contributed by atoms with Gasteiger partial charge >= 0.3 is 14.2 Å². The fourth-order valence-electron chi connectivity index (χ4n) is 14.8. The Balaban J connectivity index is 0.000000145. The number of hydrogen-bond acceptors (Lipinski definition) is 13. The van der Waals surface area contributed by atoms with Crippen LogP contribution in [0.5, 0.6) is 0 Å². The van der Waals surface area contributed by atoms with Gasteiger partial charge in [-0.1, -0.05) is 287 Å². The van der Waals surface area contributed by atoms with Gasteiger partial charge in [0.25, 0.3) is 0 Å². The second-order valence-corrected chi connectivity index (χ2v) is 33.7. The molecule has 0 atom stereocenters. The topological polar surface area (TPSA) is 153 Å². The molecule has 13 nitrogen and oxygen atoms in total. The van der Waals surface area contributed by atoms with Gasteiger partial charge in [-0.25, -0.2) is 29.9 Å². The molecule has 7 heterocycles. The average Bonchev–Trinajstić information content (AvgIpc) is 1.14. The van der Waals surface area contributed by atoms with Crippen molar-refractivity contribution in [2.75, 3.05) is 0 Å². The number of fused-ring (bicyclic) bond motifs is 3. The van der Waals surface area contributed by atoms with E-state index in [-0.39, 0.29) is 0 Å². The Kier molecular flexibility index (Phi) is 21.6. The van der Waals surface area contributed by atoms with Crippen LogP contribution in [0.2, 0.25) is 0 Å². The smallest absolute Gasteiger partial charge is 0.399 e. The van der Waals surface area contributed by atoms with Crippen molar-refractivity contribution in [2.24, 2.45) is 0 Å². The van der Waals surface area contributed by atoms with Gasteiger partial charge in [0.05, 0.1) is 39.5 Å². The number of halogens is 1. The Hall–Kier alpha value is -12.7. The number of benzene rings is 12. The zero-order valence-electron chi connectivity index (χ0n) is 68.7. The number of pyridine rings is 3. The van der Waals surface area contributed by atoms with Crippen LogP contribution in [0.4, 0.5) is 0 Å². The summed E-state index contributed by atoms with van der Waals surface area (Å²) in [6.07, 6.45) is 5.63. The quantitative estimate of drug-likeness (QED) is 0.101. The van der Waals surface area contributed by atoms with Crippen LogP contribution in [-0.2, 0) is 18.6 Å². The third-order valence-corrected chi connectivity index (χ3v) is 23.6. The normalized spacial score (nSPS) is 14.4. The molecule has 0 bridgehead atoms. The molecular weight excluding hydrogens is 1530 g/mol. The predicted octanol–water partition coefficient (Wildman–Crippen LogP) is 24.0. The molecule has 0 N–H and O–H groups in total. The van der Waals surface area contributed by atoms with Gasteiger partial charge < -0.3 is 18.6 Å². The fraction of sp³-hybridized carbons (Fsp3) is 0.155. The summed E-state index contributed by atoms with van der Waals surface area (Å²) in [5.74, 6) is 3.62. The first-order valence-corrected chi connectivity index (χ1v) is 41.0. The van der Waals surface area contributed by atoms with E-state index in [0.29, 0.717) is 34.9 Å². The van der Waals surface area contributed by atoms with Gasteiger partial charge in [0.15, 0.2) is 34.9 Å².